The fourth-order valence-corrected chi connectivity index (χ4v) is 1.41. The van der Waals surface area contributed by atoms with Crippen LogP contribution in [0.3, 0.4) is 0 Å². The van der Waals surface area contributed by atoms with Gasteiger partial charge in [-0.2, -0.15) is 19.3 Å². The van der Waals surface area contributed by atoms with Crippen LogP contribution in [0.4, 0.5) is 0 Å². The van der Waals surface area contributed by atoms with Crippen LogP contribution in [-0.2, 0) is 17.1 Å². The standard InChI is InChI=1S/C8H15.CH3.Fe/c1-2-8-6-4-3-5-7-8;;/h2-7H2,1H3;1H3;/q2*-1;+2. The van der Waals surface area contributed by atoms with E-state index in [1.807, 2.05) is 0 Å². The first-order chi connectivity index (χ1) is 3.93. The maximum Gasteiger partial charge on any atom is 2.00 e. The Bertz CT molecular complexity index is 55.7. The molecule has 0 aromatic carbocycles. The van der Waals surface area contributed by atoms with E-state index in [0.717, 1.165) is 0 Å². The molecule has 0 nitrogen and oxygen atoms in total. The molecule has 0 N–H and O–H groups in total. The summed E-state index contributed by atoms with van der Waals surface area (Å²) in [6, 6.07) is 0. The smallest absolute Gasteiger partial charge is 0.358 e. The molecule has 0 spiro atoms. The van der Waals surface area contributed by atoms with E-state index in [1.54, 1.807) is 5.92 Å². The maximum absolute atomic E-state index is 2.28. The molecule has 1 fully saturated rings. The average Bonchev–Trinajstić information content (AvgIpc) is 1.90. The van der Waals surface area contributed by atoms with Crippen LogP contribution in [0.1, 0.15) is 45.4 Å². The Balaban J connectivity index is 0. The van der Waals surface area contributed by atoms with E-state index >= 15 is 0 Å². The number of hydrogen-bond acceptors (Lipinski definition) is 0. The van der Waals surface area contributed by atoms with Crippen molar-refractivity contribution in [3.8, 4) is 0 Å². The van der Waals surface area contributed by atoms with Crippen molar-refractivity contribution < 1.29 is 17.1 Å². The van der Waals surface area contributed by atoms with Gasteiger partial charge in [0.2, 0.25) is 0 Å². The molecule has 1 aliphatic carbocycles. The molecule has 1 aliphatic rings. The van der Waals surface area contributed by atoms with E-state index in [2.05, 4.69) is 6.92 Å². The molecule has 0 atom stereocenters. The van der Waals surface area contributed by atoms with E-state index in [9.17, 15) is 0 Å². The van der Waals surface area contributed by atoms with E-state index in [4.69, 9.17) is 0 Å². The van der Waals surface area contributed by atoms with Crippen molar-refractivity contribution in [1.29, 1.82) is 0 Å². The molecule has 0 radical (unpaired) electrons. The fourth-order valence-electron chi connectivity index (χ4n) is 1.41. The minimum atomic E-state index is 0. The van der Waals surface area contributed by atoms with Gasteiger partial charge in [-0.1, -0.05) is 26.2 Å². The molecule has 0 bridgehead atoms. The summed E-state index contributed by atoms with van der Waals surface area (Å²) in [5, 5.41) is 0. The zero-order valence-corrected chi connectivity index (χ0v) is 8.20. The molecule has 0 saturated heterocycles. The summed E-state index contributed by atoms with van der Waals surface area (Å²) in [5.41, 5.74) is 0. The van der Waals surface area contributed by atoms with E-state index < -0.39 is 0 Å². The third-order valence-electron chi connectivity index (χ3n) is 2.06. The SMILES string of the molecule is CC[C-]1CCCCC1.[CH3-].[Fe+2]. The van der Waals surface area contributed by atoms with Gasteiger partial charge in [0.15, 0.2) is 0 Å². The quantitative estimate of drug-likeness (QED) is 0.430. The molecular formula is C9H18Fe. The maximum atomic E-state index is 2.28. The van der Waals surface area contributed by atoms with Crippen molar-refractivity contribution in [2.75, 3.05) is 0 Å². The predicted molar refractivity (Wildman–Crippen MR) is 43.0 cm³/mol. The third kappa shape index (κ3) is 4.35. The molecule has 0 heterocycles. The van der Waals surface area contributed by atoms with Crippen LogP contribution >= 0.6 is 0 Å². The summed E-state index contributed by atoms with van der Waals surface area (Å²) in [6.45, 7) is 2.28. The summed E-state index contributed by atoms with van der Waals surface area (Å²) < 4.78 is 0. The van der Waals surface area contributed by atoms with Crippen LogP contribution in [0.25, 0.3) is 0 Å². The van der Waals surface area contributed by atoms with Crippen LogP contribution in [0.5, 0.6) is 0 Å². The van der Waals surface area contributed by atoms with Crippen molar-refractivity contribution in [2.24, 2.45) is 0 Å². The van der Waals surface area contributed by atoms with Crippen molar-refractivity contribution in [2.45, 2.75) is 45.4 Å². The Hall–Kier alpha value is 0.519. The minimum absolute atomic E-state index is 0. The van der Waals surface area contributed by atoms with Gasteiger partial charge in [-0.25, -0.2) is 0 Å². The predicted octanol–water partition coefficient (Wildman–Crippen LogP) is 3.38. The van der Waals surface area contributed by atoms with Crippen LogP contribution in [0.15, 0.2) is 0 Å². The van der Waals surface area contributed by atoms with Crippen LogP contribution in [0, 0.1) is 13.3 Å². The van der Waals surface area contributed by atoms with Gasteiger partial charge in [0.25, 0.3) is 0 Å². The fraction of sp³-hybridized carbons (Fsp3) is 0.778. The van der Waals surface area contributed by atoms with E-state index in [1.165, 1.54) is 38.5 Å². The Kier molecular flexibility index (Phi) is 10.0. The minimum Gasteiger partial charge on any atom is -0.358 e. The average molecular weight is 182 g/mol. The molecular weight excluding hydrogens is 164 g/mol. The van der Waals surface area contributed by atoms with Gasteiger partial charge in [0.1, 0.15) is 0 Å². The van der Waals surface area contributed by atoms with Gasteiger partial charge in [-0.05, 0) is 0 Å². The molecule has 0 aliphatic heterocycles. The molecule has 1 saturated carbocycles. The van der Waals surface area contributed by atoms with Crippen LogP contribution < -0.4 is 0 Å². The zero-order chi connectivity index (χ0) is 5.82. The second kappa shape index (κ2) is 7.62. The Morgan fingerprint density at radius 2 is 1.60 bits per heavy atom. The monoisotopic (exact) mass is 182 g/mol. The van der Waals surface area contributed by atoms with Crippen molar-refractivity contribution in [1.82, 2.24) is 0 Å². The topological polar surface area (TPSA) is 0 Å². The third-order valence-corrected chi connectivity index (χ3v) is 2.06. The Morgan fingerprint density at radius 3 is 1.90 bits per heavy atom. The summed E-state index contributed by atoms with van der Waals surface area (Å²) in [5.74, 6) is 1.80. The largest absolute Gasteiger partial charge is 2.00 e. The summed E-state index contributed by atoms with van der Waals surface area (Å²) in [7, 11) is 0. The zero-order valence-electron chi connectivity index (χ0n) is 7.10. The summed E-state index contributed by atoms with van der Waals surface area (Å²) >= 11 is 0. The van der Waals surface area contributed by atoms with Gasteiger partial charge >= 0.3 is 17.1 Å². The first kappa shape index (κ1) is 13.1. The van der Waals surface area contributed by atoms with Crippen molar-refractivity contribution >= 4 is 0 Å². The molecule has 0 aromatic heterocycles. The molecule has 62 valence electrons. The van der Waals surface area contributed by atoms with Crippen LogP contribution in [0.2, 0.25) is 0 Å². The molecule has 10 heavy (non-hydrogen) atoms. The Labute approximate surface area is 76.3 Å². The van der Waals surface area contributed by atoms with Crippen LogP contribution in [-0.4, -0.2) is 0 Å². The number of hydrogen-bond donors (Lipinski definition) is 0. The normalized spacial score (nSPS) is 18.9. The van der Waals surface area contributed by atoms with E-state index in [0.29, 0.717) is 0 Å². The Morgan fingerprint density at radius 1 is 1.10 bits per heavy atom. The van der Waals surface area contributed by atoms with Gasteiger partial charge < -0.3 is 13.3 Å². The van der Waals surface area contributed by atoms with Gasteiger partial charge in [-0.3, -0.25) is 0 Å². The van der Waals surface area contributed by atoms with E-state index in [-0.39, 0.29) is 24.5 Å². The second-order valence-corrected chi connectivity index (χ2v) is 2.66. The number of rotatable bonds is 1. The molecule has 0 amide bonds. The van der Waals surface area contributed by atoms with Gasteiger partial charge in [0.05, 0.1) is 0 Å². The van der Waals surface area contributed by atoms with Gasteiger partial charge in [-0.15, -0.1) is 0 Å². The van der Waals surface area contributed by atoms with Crippen molar-refractivity contribution in [3.05, 3.63) is 13.3 Å². The molecule has 1 heteroatoms. The van der Waals surface area contributed by atoms with Crippen molar-refractivity contribution in [3.63, 3.8) is 0 Å². The molecule has 1 rings (SSSR count). The summed E-state index contributed by atoms with van der Waals surface area (Å²) in [4.78, 5) is 0. The first-order valence-corrected chi connectivity index (χ1v) is 3.77. The molecule has 0 aromatic rings. The van der Waals surface area contributed by atoms with Gasteiger partial charge in [0, 0.05) is 0 Å². The first-order valence-electron chi connectivity index (χ1n) is 3.77. The second-order valence-electron chi connectivity index (χ2n) is 2.66. The summed E-state index contributed by atoms with van der Waals surface area (Å²) in [6.07, 6.45) is 8.59. The molecule has 0 unspecified atom stereocenters.